The number of nitrogens with zero attached hydrogens (tertiary/aromatic N) is 2. The van der Waals surface area contributed by atoms with Crippen LogP contribution in [0.1, 0.15) is 11.1 Å². The van der Waals surface area contributed by atoms with Crippen molar-refractivity contribution in [1.82, 2.24) is 9.80 Å². The Morgan fingerprint density at radius 1 is 1.03 bits per heavy atom. The van der Waals surface area contributed by atoms with E-state index in [0.29, 0.717) is 48.2 Å². The smallest absolute Gasteiger partial charge is 0.278 e. The van der Waals surface area contributed by atoms with E-state index in [-0.39, 0.29) is 17.5 Å². The van der Waals surface area contributed by atoms with Crippen molar-refractivity contribution < 1.29 is 19.1 Å². The van der Waals surface area contributed by atoms with Gasteiger partial charge in [-0.2, -0.15) is 0 Å². The van der Waals surface area contributed by atoms with Gasteiger partial charge in [-0.15, -0.1) is 0 Å². The lowest BCUT2D eigenvalue weighted by atomic mass is 10.0. The molecule has 2 aliphatic rings. The van der Waals surface area contributed by atoms with E-state index in [1.54, 1.807) is 37.4 Å². The number of rotatable bonds is 7. The molecule has 2 aliphatic heterocycles. The Labute approximate surface area is 192 Å². The summed E-state index contributed by atoms with van der Waals surface area (Å²) >= 11 is 6.08. The first-order chi connectivity index (χ1) is 15.5. The number of amides is 2. The monoisotopic (exact) mass is 455 g/mol. The molecule has 8 heteroatoms. The molecular formula is C24H26ClN3O4. The third-order valence-electron chi connectivity index (χ3n) is 5.74. The fourth-order valence-electron chi connectivity index (χ4n) is 3.89. The number of hydrogen-bond acceptors (Lipinski definition) is 6. The molecule has 32 heavy (non-hydrogen) atoms. The van der Waals surface area contributed by atoms with E-state index in [1.165, 1.54) is 4.90 Å². The number of anilines is 1. The molecule has 2 aromatic rings. The van der Waals surface area contributed by atoms with Crippen LogP contribution in [0.4, 0.5) is 5.69 Å². The number of aryl methyl sites for hydroxylation is 1. The summed E-state index contributed by atoms with van der Waals surface area (Å²) in [4.78, 5) is 30.3. The van der Waals surface area contributed by atoms with Gasteiger partial charge < -0.3 is 14.8 Å². The van der Waals surface area contributed by atoms with Crippen LogP contribution in [0.3, 0.4) is 0 Å². The average molecular weight is 456 g/mol. The van der Waals surface area contributed by atoms with E-state index in [2.05, 4.69) is 10.2 Å². The minimum absolute atomic E-state index is 0.271. The van der Waals surface area contributed by atoms with E-state index < -0.39 is 0 Å². The molecule has 2 heterocycles. The summed E-state index contributed by atoms with van der Waals surface area (Å²) in [6.45, 7) is 5.76. The topological polar surface area (TPSA) is 71.1 Å². The first-order valence-electron chi connectivity index (χ1n) is 10.6. The summed E-state index contributed by atoms with van der Waals surface area (Å²) in [7, 11) is 1.59. The number of hydrogen-bond donors (Lipinski definition) is 1. The van der Waals surface area contributed by atoms with Crippen LogP contribution < -0.4 is 10.1 Å². The van der Waals surface area contributed by atoms with Gasteiger partial charge in [-0.3, -0.25) is 19.4 Å². The number of imide groups is 1. The number of nitrogens with one attached hydrogen (secondary N) is 1. The molecule has 2 aromatic carbocycles. The Hall–Kier alpha value is -2.87. The zero-order valence-electron chi connectivity index (χ0n) is 18.2. The second kappa shape index (κ2) is 9.73. The predicted octanol–water partition coefficient (Wildman–Crippen LogP) is 3.18. The number of halogens is 1. The Kier molecular flexibility index (Phi) is 6.79. The van der Waals surface area contributed by atoms with Crippen molar-refractivity contribution in [2.45, 2.75) is 6.92 Å². The zero-order chi connectivity index (χ0) is 22.7. The normalized spacial score (nSPS) is 17.3. The van der Waals surface area contributed by atoms with Crippen LogP contribution in [-0.4, -0.2) is 68.1 Å². The van der Waals surface area contributed by atoms with Crippen molar-refractivity contribution in [2.24, 2.45) is 0 Å². The highest BCUT2D eigenvalue weighted by Crippen LogP contribution is 2.32. The molecule has 0 atom stereocenters. The van der Waals surface area contributed by atoms with Gasteiger partial charge in [0.2, 0.25) is 0 Å². The first-order valence-corrected chi connectivity index (χ1v) is 10.9. The number of carbonyl (C=O) groups excluding carboxylic acids is 2. The SMILES string of the molecule is COc1ccc(C2=C(Nc3ccc(Cl)cc3C)C(=O)N(CCN3CCOCC3)C2=O)cc1. The van der Waals surface area contributed by atoms with E-state index in [9.17, 15) is 9.59 Å². The van der Waals surface area contributed by atoms with Gasteiger partial charge in [0.15, 0.2) is 0 Å². The van der Waals surface area contributed by atoms with Crippen LogP contribution in [0.5, 0.6) is 5.75 Å². The predicted molar refractivity (Wildman–Crippen MR) is 124 cm³/mol. The van der Waals surface area contributed by atoms with Crippen molar-refractivity contribution in [3.05, 3.63) is 64.3 Å². The quantitative estimate of drug-likeness (QED) is 0.646. The Balaban J connectivity index is 1.64. The molecule has 1 saturated heterocycles. The molecule has 0 bridgehead atoms. The lowest BCUT2D eigenvalue weighted by molar-refractivity contribution is -0.137. The Morgan fingerprint density at radius 3 is 2.41 bits per heavy atom. The average Bonchev–Trinajstić information content (AvgIpc) is 3.04. The summed E-state index contributed by atoms with van der Waals surface area (Å²) < 4.78 is 10.6. The van der Waals surface area contributed by atoms with E-state index in [1.807, 2.05) is 19.1 Å². The summed E-state index contributed by atoms with van der Waals surface area (Å²) in [6.07, 6.45) is 0. The molecule has 0 aromatic heterocycles. The molecule has 2 amide bonds. The third-order valence-corrected chi connectivity index (χ3v) is 5.97. The maximum Gasteiger partial charge on any atom is 0.278 e. The molecule has 0 unspecified atom stereocenters. The Bertz CT molecular complexity index is 1050. The van der Waals surface area contributed by atoms with Gasteiger partial charge in [-0.25, -0.2) is 0 Å². The van der Waals surface area contributed by atoms with Crippen LogP contribution in [0, 0.1) is 6.92 Å². The summed E-state index contributed by atoms with van der Waals surface area (Å²) in [5, 5.41) is 3.82. The fraction of sp³-hybridized carbons (Fsp3) is 0.333. The van der Waals surface area contributed by atoms with Crippen LogP contribution >= 0.6 is 11.6 Å². The maximum atomic E-state index is 13.4. The minimum Gasteiger partial charge on any atom is -0.497 e. The molecular weight excluding hydrogens is 430 g/mol. The number of morpholine rings is 1. The molecule has 0 aliphatic carbocycles. The number of methoxy groups -OCH3 is 1. The molecule has 0 spiro atoms. The van der Waals surface area contributed by atoms with Crippen molar-refractivity contribution in [1.29, 1.82) is 0 Å². The largest absolute Gasteiger partial charge is 0.497 e. The lowest BCUT2D eigenvalue weighted by Crippen LogP contribution is -2.43. The zero-order valence-corrected chi connectivity index (χ0v) is 18.9. The summed E-state index contributed by atoms with van der Waals surface area (Å²) in [5.41, 5.74) is 2.89. The highest BCUT2D eigenvalue weighted by Gasteiger charge is 2.39. The standard InChI is InChI=1S/C24H26ClN3O4/c1-16-15-18(25)5-8-20(16)26-22-21(17-3-6-19(31-2)7-4-17)23(29)28(24(22)30)10-9-27-11-13-32-14-12-27/h3-8,15,26H,9-14H2,1-2H3. The van der Waals surface area contributed by atoms with Gasteiger partial charge in [0.05, 0.1) is 25.9 Å². The van der Waals surface area contributed by atoms with Crippen LogP contribution in [0.15, 0.2) is 48.2 Å². The number of benzene rings is 2. The van der Waals surface area contributed by atoms with Crippen molar-refractivity contribution in [3.63, 3.8) is 0 Å². The van der Waals surface area contributed by atoms with E-state index in [0.717, 1.165) is 24.3 Å². The number of carbonyl (C=O) groups is 2. The van der Waals surface area contributed by atoms with Gasteiger partial charge in [0, 0.05) is 36.9 Å². The first kappa shape index (κ1) is 22.3. The molecule has 0 saturated carbocycles. The molecule has 1 fully saturated rings. The summed E-state index contributed by atoms with van der Waals surface area (Å²) in [6, 6.07) is 12.5. The van der Waals surface area contributed by atoms with E-state index >= 15 is 0 Å². The van der Waals surface area contributed by atoms with Crippen LogP contribution in [-0.2, 0) is 14.3 Å². The van der Waals surface area contributed by atoms with Crippen molar-refractivity contribution in [3.8, 4) is 5.75 Å². The molecule has 0 radical (unpaired) electrons. The number of ether oxygens (including phenoxy) is 2. The van der Waals surface area contributed by atoms with Gasteiger partial charge in [-0.05, 0) is 48.4 Å². The second-order valence-electron chi connectivity index (χ2n) is 7.78. The van der Waals surface area contributed by atoms with Crippen LogP contribution in [0.25, 0.3) is 5.57 Å². The van der Waals surface area contributed by atoms with Gasteiger partial charge in [0.1, 0.15) is 11.4 Å². The van der Waals surface area contributed by atoms with Crippen molar-refractivity contribution >= 4 is 34.7 Å². The van der Waals surface area contributed by atoms with Gasteiger partial charge in [0.25, 0.3) is 11.8 Å². The van der Waals surface area contributed by atoms with E-state index in [4.69, 9.17) is 21.1 Å². The molecule has 4 rings (SSSR count). The Morgan fingerprint density at radius 2 is 1.75 bits per heavy atom. The molecule has 1 N–H and O–H groups in total. The lowest BCUT2D eigenvalue weighted by Gasteiger charge is -2.28. The minimum atomic E-state index is -0.330. The fourth-order valence-corrected chi connectivity index (χ4v) is 4.12. The highest BCUT2D eigenvalue weighted by atomic mass is 35.5. The third kappa shape index (κ3) is 4.65. The second-order valence-corrected chi connectivity index (χ2v) is 8.22. The highest BCUT2D eigenvalue weighted by molar-refractivity contribution is 6.36. The van der Waals surface area contributed by atoms with Crippen molar-refractivity contribution in [2.75, 3.05) is 51.8 Å². The summed E-state index contributed by atoms with van der Waals surface area (Å²) in [5.74, 6) is 0.0457. The maximum absolute atomic E-state index is 13.4. The molecule has 168 valence electrons. The van der Waals surface area contributed by atoms with Crippen LogP contribution in [0.2, 0.25) is 5.02 Å². The van der Waals surface area contributed by atoms with Gasteiger partial charge in [-0.1, -0.05) is 23.7 Å². The van der Waals surface area contributed by atoms with Gasteiger partial charge >= 0.3 is 0 Å². The molecule has 7 nitrogen and oxygen atoms in total.